The first-order chi connectivity index (χ1) is 18.6. The van der Waals surface area contributed by atoms with Crippen LogP contribution >= 0.6 is 11.8 Å². The summed E-state index contributed by atoms with van der Waals surface area (Å²) in [7, 11) is 0. The van der Waals surface area contributed by atoms with E-state index >= 15 is 0 Å². The van der Waals surface area contributed by atoms with E-state index < -0.39 is 82.4 Å². The van der Waals surface area contributed by atoms with Gasteiger partial charge in [-0.05, 0) is 68.6 Å². The zero-order chi connectivity index (χ0) is 31.7. The van der Waals surface area contributed by atoms with Crippen LogP contribution in [0.2, 0.25) is 0 Å². The zero-order valence-electron chi connectivity index (χ0n) is 24.8. The third kappa shape index (κ3) is 8.50. The molecule has 0 saturated carbocycles. The third-order valence-corrected chi connectivity index (χ3v) is 5.22. The summed E-state index contributed by atoms with van der Waals surface area (Å²) in [5, 5.41) is 18.9. The number of rotatable bonds is 5. The van der Waals surface area contributed by atoms with Gasteiger partial charge in [0, 0.05) is 0 Å². The van der Waals surface area contributed by atoms with Crippen molar-refractivity contribution in [2.45, 2.75) is 96.9 Å². The van der Waals surface area contributed by atoms with Crippen molar-refractivity contribution < 1.29 is 38.8 Å². The molecule has 2 amide bonds. The number of carbonyl (C=O) groups is 3. The summed E-state index contributed by atoms with van der Waals surface area (Å²) in [6.07, 6.45) is -3.87. The van der Waals surface area contributed by atoms with E-state index in [4.69, 9.17) is 14.2 Å². The molecular weight excluding hydrogens is 562 g/mol. The first-order valence-corrected chi connectivity index (χ1v) is 13.7. The Morgan fingerprint density at radius 3 is 1.80 bits per heavy atom. The van der Waals surface area contributed by atoms with Crippen molar-refractivity contribution in [1.29, 1.82) is 0 Å². The van der Waals surface area contributed by atoms with E-state index in [0.717, 1.165) is 16.3 Å². The summed E-state index contributed by atoms with van der Waals surface area (Å²) >= 11 is 0.948. The fourth-order valence-corrected chi connectivity index (χ4v) is 3.59. The molecule has 0 aliphatic heterocycles. The molecule has 0 saturated heterocycles. The Bertz CT molecular complexity index is 1420. The smallest absolute Gasteiger partial charge is 0.425 e. The molecule has 0 aliphatic carbocycles. The van der Waals surface area contributed by atoms with Gasteiger partial charge in [-0.3, -0.25) is 9.36 Å². The van der Waals surface area contributed by atoms with Crippen molar-refractivity contribution >= 4 is 46.9 Å². The fourth-order valence-electron chi connectivity index (χ4n) is 3.23. The number of nitrogens with zero attached hydrogens (tertiary/aromatic N) is 5. The van der Waals surface area contributed by atoms with E-state index in [9.17, 15) is 34.2 Å². The van der Waals surface area contributed by atoms with E-state index in [2.05, 4.69) is 9.97 Å². The number of carbonyl (C=O) groups excluding carboxylic acids is 3. The minimum atomic E-state index is -1.52. The number of ether oxygens (including phenoxy) is 3. The molecule has 16 heteroatoms. The van der Waals surface area contributed by atoms with Gasteiger partial charge in [0.15, 0.2) is 16.6 Å². The van der Waals surface area contributed by atoms with Crippen LogP contribution in [0.15, 0.2) is 14.7 Å². The number of imide groups is 1. The molecule has 0 aliphatic rings. The van der Waals surface area contributed by atoms with E-state index in [-0.39, 0.29) is 9.72 Å². The number of anilines is 1. The Morgan fingerprint density at radius 2 is 1.39 bits per heavy atom. The van der Waals surface area contributed by atoms with Crippen LogP contribution in [0.4, 0.5) is 20.2 Å². The number of aromatic nitrogens is 4. The van der Waals surface area contributed by atoms with Crippen LogP contribution in [0.3, 0.4) is 0 Å². The first kappa shape index (κ1) is 33.7. The SMILES string of the molecule is CSc1nc(N(C(=O)OC(C)(C)C)C(=O)OC(C)(C)C)c2c(=O)n(C(=O)OC(C)(C)C)c(=O)n(C[C@@H](O)CO)c2n1. The van der Waals surface area contributed by atoms with Crippen LogP contribution in [0.25, 0.3) is 11.0 Å². The summed E-state index contributed by atoms with van der Waals surface area (Å²) in [6.45, 7) is 12.4. The molecule has 15 nitrogen and oxygen atoms in total. The lowest BCUT2D eigenvalue weighted by Gasteiger charge is -2.28. The van der Waals surface area contributed by atoms with Gasteiger partial charge in [-0.15, -0.1) is 0 Å². The fraction of sp³-hybridized carbons (Fsp3) is 0.640. The number of aliphatic hydroxyl groups excluding tert-OH is 2. The molecule has 0 unspecified atom stereocenters. The van der Waals surface area contributed by atoms with E-state index in [1.54, 1.807) is 47.8 Å². The molecule has 2 rings (SSSR count). The molecule has 2 N–H and O–H groups in total. The minimum absolute atomic E-state index is 0.0920. The Morgan fingerprint density at radius 1 is 0.902 bits per heavy atom. The van der Waals surface area contributed by atoms with Gasteiger partial charge in [-0.1, -0.05) is 11.8 Å². The Labute approximate surface area is 240 Å². The van der Waals surface area contributed by atoms with Crippen molar-refractivity contribution in [3.05, 3.63) is 20.8 Å². The molecule has 2 aromatic rings. The molecule has 41 heavy (non-hydrogen) atoms. The van der Waals surface area contributed by atoms with Crippen LogP contribution in [0, 0.1) is 0 Å². The Hall–Kier alpha value is -3.50. The maximum Gasteiger partial charge on any atom is 0.425 e. The summed E-state index contributed by atoms with van der Waals surface area (Å²) in [5.41, 5.74) is -6.33. The van der Waals surface area contributed by atoms with Crippen molar-refractivity contribution in [2.24, 2.45) is 0 Å². The van der Waals surface area contributed by atoms with E-state index in [1.807, 2.05) is 0 Å². The normalized spacial score (nSPS) is 13.1. The molecule has 2 heterocycles. The number of hydrogen-bond donors (Lipinski definition) is 2. The maximum absolute atomic E-state index is 13.8. The largest absolute Gasteiger partial charge is 0.443 e. The maximum atomic E-state index is 13.8. The molecule has 0 fully saturated rings. The van der Waals surface area contributed by atoms with Gasteiger partial charge < -0.3 is 24.4 Å². The van der Waals surface area contributed by atoms with Crippen molar-refractivity contribution in [3.63, 3.8) is 0 Å². The molecular formula is C25H37N5O10S. The molecule has 0 spiro atoms. The number of aliphatic hydroxyl groups is 2. The zero-order valence-corrected chi connectivity index (χ0v) is 25.6. The van der Waals surface area contributed by atoms with Gasteiger partial charge in [-0.25, -0.2) is 29.1 Å². The van der Waals surface area contributed by atoms with Crippen molar-refractivity contribution in [1.82, 2.24) is 19.1 Å². The van der Waals surface area contributed by atoms with E-state index in [0.29, 0.717) is 4.90 Å². The van der Waals surface area contributed by atoms with Crippen LogP contribution < -0.4 is 16.1 Å². The van der Waals surface area contributed by atoms with Gasteiger partial charge in [0.2, 0.25) is 0 Å². The topological polar surface area (TPSA) is 192 Å². The van der Waals surface area contributed by atoms with Crippen molar-refractivity contribution in [2.75, 3.05) is 17.8 Å². The highest BCUT2D eigenvalue weighted by Gasteiger charge is 2.38. The third-order valence-electron chi connectivity index (χ3n) is 4.67. The Balaban J connectivity index is 3.16. The molecule has 2 aromatic heterocycles. The van der Waals surface area contributed by atoms with Crippen LogP contribution in [0.5, 0.6) is 0 Å². The number of thioether (sulfide) groups is 1. The van der Waals surface area contributed by atoms with Crippen LogP contribution in [-0.2, 0) is 20.8 Å². The second-order valence-electron chi connectivity index (χ2n) is 11.9. The van der Waals surface area contributed by atoms with Gasteiger partial charge in [0.05, 0.1) is 19.3 Å². The Kier molecular flexibility index (Phi) is 10.00. The standard InChI is InChI=1S/C25H37N5O10S/c1-23(2,3)38-20(35)29(21(36)39-24(4,5)6)16-14-15(26-18(27-16)41-10)28(11-13(32)12-31)19(34)30(17(14)33)22(37)40-25(7,8)9/h13,31-32H,11-12H2,1-10H3/t13-/m1/s1. The first-order valence-electron chi connectivity index (χ1n) is 12.5. The highest BCUT2D eigenvalue weighted by Crippen LogP contribution is 2.27. The second-order valence-corrected chi connectivity index (χ2v) is 12.7. The summed E-state index contributed by atoms with van der Waals surface area (Å²) in [4.78, 5) is 76.0. The average molecular weight is 600 g/mol. The summed E-state index contributed by atoms with van der Waals surface area (Å²) < 4.78 is 16.9. The molecule has 0 aromatic carbocycles. The van der Waals surface area contributed by atoms with Gasteiger partial charge in [0.25, 0.3) is 5.56 Å². The molecule has 0 radical (unpaired) electrons. The lowest BCUT2D eigenvalue weighted by Crippen LogP contribution is -2.49. The molecule has 228 valence electrons. The van der Waals surface area contributed by atoms with Crippen LogP contribution in [-0.4, -0.2) is 83.4 Å². The monoisotopic (exact) mass is 599 g/mol. The van der Waals surface area contributed by atoms with Gasteiger partial charge in [0.1, 0.15) is 22.2 Å². The average Bonchev–Trinajstić information content (AvgIpc) is 2.77. The van der Waals surface area contributed by atoms with E-state index in [1.165, 1.54) is 20.8 Å². The number of hydrogen-bond acceptors (Lipinski definition) is 13. The predicted octanol–water partition coefficient (Wildman–Crippen LogP) is 2.49. The predicted molar refractivity (Wildman–Crippen MR) is 150 cm³/mol. The van der Waals surface area contributed by atoms with Gasteiger partial charge in [-0.2, -0.15) is 9.47 Å². The molecule has 1 atom stereocenters. The molecule has 0 bridgehead atoms. The van der Waals surface area contributed by atoms with Crippen molar-refractivity contribution in [3.8, 4) is 0 Å². The highest BCUT2D eigenvalue weighted by molar-refractivity contribution is 7.98. The second kappa shape index (κ2) is 12.2. The van der Waals surface area contributed by atoms with Crippen LogP contribution in [0.1, 0.15) is 62.3 Å². The summed E-state index contributed by atoms with van der Waals surface area (Å²) in [6, 6.07) is 0. The highest BCUT2D eigenvalue weighted by atomic mass is 32.2. The quantitative estimate of drug-likeness (QED) is 0.289. The lowest BCUT2D eigenvalue weighted by atomic mass is 10.2. The number of amides is 2. The summed E-state index contributed by atoms with van der Waals surface area (Å²) in [5.74, 6) is -0.641. The van der Waals surface area contributed by atoms with Gasteiger partial charge >= 0.3 is 24.0 Å². The minimum Gasteiger partial charge on any atom is -0.443 e. The number of fused-ring (bicyclic) bond motifs is 1. The lowest BCUT2D eigenvalue weighted by molar-refractivity contribution is 0.0427.